The first-order chi connectivity index (χ1) is 26.3. The number of anilines is 1. The van der Waals surface area contributed by atoms with Crippen LogP contribution in [0.1, 0.15) is 71.3 Å². The predicted molar refractivity (Wildman–Crippen MR) is 206 cm³/mol. The van der Waals surface area contributed by atoms with Crippen LogP contribution in [0.2, 0.25) is 0 Å². The Kier molecular flexibility index (Phi) is 13.8. The van der Waals surface area contributed by atoms with Gasteiger partial charge in [-0.05, 0) is 26.8 Å². The van der Waals surface area contributed by atoms with Crippen molar-refractivity contribution in [3.05, 3.63) is 53.3 Å². The van der Waals surface area contributed by atoms with E-state index in [4.69, 9.17) is 23.7 Å². The van der Waals surface area contributed by atoms with Gasteiger partial charge in [0.25, 0.3) is 17.6 Å². The number of aliphatic hydroxyl groups is 2. The maximum Gasteiger partial charge on any atom is 0.312 e. The minimum absolute atomic E-state index is 0.0639. The van der Waals surface area contributed by atoms with Gasteiger partial charge in [0.15, 0.2) is 12.4 Å². The van der Waals surface area contributed by atoms with E-state index < -0.39 is 95.5 Å². The zero-order valence-corrected chi connectivity index (χ0v) is 33.5. The van der Waals surface area contributed by atoms with Crippen LogP contribution in [-0.4, -0.2) is 94.5 Å². The van der Waals surface area contributed by atoms with Gasteiger partial charge in [0.2, 0.25) is 0 Å². The lowest BCUT2D eigenvalue weighted by molar-refractivity contribution is -0.160. The number of phenols is 2. The van der Waals surface area contributed by atoms with Crippen LogP contribution in [0.15, 0.2) is 42.2 Å². The molecule has 306 valence electrons. The van der Waals surface area contributed by atoms with Crippen LogP contribution >= 0.6 is 0 Å². The van der Waals surface area contributed by atoms with Crippen LogP contribution < -0.4 is 20.1 Å². The molecule has 0 radical (unpaired) electrons. The second-order valence-corrected chi connectivity index (χ2v) is 14.6. The third kappa shape index (κ3) is 8.79. The summed E-state index contributed by atoms with van der Waals surface area (Å²) >= 11 is 0. The normalized spacial score (nSPS) is 30.8. The Morgan fingerprint density at radius 2 is 1.66 bits per heavy atom. The lowest BCUT2D eigenvalue weighted by atomic mass is 9.78. The smallest absolute Gasteiger partial charge is 0.312 e. The van der Waals surface area contributed by atoms with Crippen LogP contribution in [-0.2, 0) is 28.6 Å². The van der Waals surface area contributed by atoms with Crippen LogP contribution in [0.3, 0.4) is 0 Å². The van der Waals surface area contributed by atoms with Crippen molar-refractivity contribution in [1.29, 1.82) is 0 Å². The van der Waals surface area contributed by atoms with Gasteiger partial charge in [0.1, 0.15) is 23.4 Å². The number of hydrogen-bond acceptors (Lipinski definition) is 13. The van der Waals surface area contributed by atoms with E-state index in [0.29, 0.717) is 6.54 Å². The quantitative estimate of drug-likeness (QED) is 0.175. The highest BCUT2D eigenvalue weighted by Crippen LogP contribution is 2.54. The van der Waals surface area contributed by atoms with Crippen molar-refractivity contribution in [2.24, 2.45) is 23.7 Å². The highest BCUT2D eigenvalue weighted by atomic mass is 16.7. The first-order valence-corrected chi connectivity index (χ1v) is 18.5. The minimum atomic E-state index is -2.02. The molecule has 6 N–H and O–H groups in total. The number of ketones is 1. The summed E-state index contributed by atoms with van der Waals surface area (Å²) in [7, 11) is 1.43. The molecule has 0 saturated carbocycles. The van der Waals surface area contributed by atoms with Gasteiger partial charge in [0.05, 0.1) is 41.2 Å². The third-order valence-electron chi connectivity index (χ3n) is 10.6. The second kappa shape index (κ2) is 17.8. The van der Waals surface area contributed by atoms with E-state index in [1.807, 2.05) is 0 Å². The van der Waals surface area contributed by atoms with E-state index >= 15 is 0 Å². The first-order valence-electron chi connectivity index (χ1n) is 18.5. The summed E-state index contributed by atoms with van der Waals surface area (Å²) in [4.78, 5) is 52.6. The number of fused-ring (bicyclic) bond motifs is 14. The monoisotopic (exact) mass is 782 g/mol. The van der Waals surface area contributed by atoms with Gasteiger partial charge in [-0.3, -0.25) is 19.2 Å². The molecule has 15 heteroatoms. The molecule has 56 heavy (non-hydrogen) atoms. The molecule has 0 aliphatic carbocycles. The maximum atomic E-state index is 14.3. The standard InChI is InChI=1S/C41H54N2O13/c1-11-42-29(45)18-53-28-17-26-36(49)31-30(28)32-38(24(7)35(31)48)56-41(9,39(32)50)54-16-15-27(52-10)21(4)37(55-25(8)44)23(6)34(47)22(5)33(46)19(2)13-12-14-20(3)40(51)43-26/h12-17,19,21-23,27,33-34,37,46-49H,11,18H2,1-10H3,(H,42,45)(H,43,51)/b13-12+,16-15+,20-14-. The predicted octanol–water partition coefficient (Wildman–Crippen LogP) is 4.56. The fourth-order valence-corrected chi connectivity index (χ4v) is 7.14. The van der Waals surface area contributed by atoms with Crippen molar-refractivity contribution in [1.82, 2.24) is 5.32 Å². The number of allylic oxidation sites excluding steroid dienone is 2. The zero-order valence-electron chi connectivity index (χ0n) is 33.5. The summed E-state index contributed by atoms with van der Waals surface area (Å²) in [5.74, 6) is -8.18. The van der Waals surface area contributed by atoms with Crippen molar-refractivity contribution in [3.8, 4) is 23.0 Å². The summed E-state index contributed by atoms with van der Waals surface area (Å²) in [5.41, 5.74) is -0.0351. The summed E-state index contributed by atoms with van der Waals surface area (Å²) < 4.78 is 29.4. The van der Waals surface area contributed by atoms with Crippen molar-refractivity contribution < 1.29 is 63.3 Å². The van der Waals surface area contributed by atoms with Crippen LogP contribution in [0.5, 0.6) is 23.0 Å². The Balaban J connectivity index is 1.93. The summed E-state index contributed by atoms with van der Waals surface area (Å²) in [6, 6.07) is 1.24. The molecule has 0 fully saturated rings. The fourth-order valence-electron chi connectivity index (χ4n) is 7.14. The van der Waals surface area contributed by atoms with Gasteiger partial charge in [-0.2, -0.15) is 0 Å². The van der Waals surface area contributed by atoms with Gasteiger partial charge >= 0.3 is 11.8 Å². The van der Waals surface area contributed by atoms with Gasteiger partial charge in [-0.15, -0.1) is 0 Å². The van der Waals surface area contributed by atoms with E-state index in [0.717, 1.165) is 0 Å². The van der Waals surface area contributed by atoms with Gasteiger partial charge in [-0.25, -0.2) is 0 Å². The SMILES string of the molecule is CCNC(=O)COc1cc2c(O)c3c(O)c(C)c4c(c13)C(=O)C(C)(O/C=C/C(OC)C(C)C(OC(C)=O)C(C)C(O)C(C)C(O)C(C)/C=C/C=C(/C)C(=O)N2)O4. The molecule has 2 aromatic rings. The Hall–Kier alpha value is -5.12. The second-order valence-electron chi connectivity index (χ2n) is 14.6. The third-order valence-corrected chi connectivity index (χ3v) is 10.6. The van der Waals surface area contributed by atoms with E-state index in [-0.39, 0.29) is 44.7 Å². The van der Waals surface area contributed by atoms with Crippen molar-refractivity contribution >= 4 is 40.0 Å². The molecular formula is C41H54N2O13. The molecule has 3 aliphatic heterocycles. The van der Waals surface area contributed by atoms with Crippen LogP contribution in [0.25, 0.3) is 10.8 Å². The molecule has 2 amide bonds. The maximum absolute atomic E-state index is 14.3. The van der Waals surface area contributed by atoms with Gasteiger partial charge in [0, 0.05) is 73.8 Å². The Bertz CT molecular complexity index is 1940. The van der Waals surface area contributed by atoms with E-state index in [2.05, 4.69) is 10.6 Å². The van der Waals surface area contributed by atoms with Gasteiger partial charge < -0.3 is 54.7 Å². The lowest BCUT2D eigenvalue weighted by Gasteiger charge is -2.38. The van der Waals surface area contributed by atoms with E-state index in [1.165, 1.54) is 59.3 Å². The molecule has 9 atom stereocenters. The minimum Gasteiger partial charge on any atom is -0.507 e. The number of carbonyl (C=O) groups is 4. The molecule has 0 spiro atoms. The number of rotatable bonds is 6. The number of Topliss-reactive ketones (excluding diaryl/α,β-unsaturated/α-hetero) is 1. The van der Waals surface area contributed by atoms with Crippen LogP contribution in [0.4, 0.5) is 5.69 Å². The Labute approximate surface area is 326 Å². The van der Waals surface area contributed by atoms with Crippen molar-refractivity contribution in [2.75, 3.05) is 25.6 Å². The molecule has 0 saturated heterocycles. The highest BCUT2D eigenvalue weighted by Gasteiger charge is 2.49. The molecule has 3 aliphatic rings. The number of likely N-dealkylation sites (N-methyl/N-ethyl adjacent to an activating group) is 1. The Morgan fingerprint density at radius 1 is 0.982 bits per heavy atom. The van der Waals surface area contributed by atoms with Crippen molar-refractivity contribution in [2.45, 2.75) is 92.5 Å². The molecule has 0 aromatic heterocycles. The molecular weight excluding hydrogens is 728 g/mol. The number of nitrogens with one attached hydrogen (secondary N) is 2. The van der Waals surface area contributed by atoms with E-state index in [1.54, 1.807) is 46.8 Å². The van der Waals surface area contributed by atoms with Crippen LogP contribution in [0, 0.1) is 30.6 Å². The molecule has 5 bridgehead atoms. The number of benzene rings is 2. The number of ether oxygens (including phenoxy) is 5. The molecule has 5 rings (SSSR count). The molecule has 15 nitrogen and oxygen atoms in total. The van der Waals surface area contributed by atoms with E-state index in [9.17, 15) is 39.6 Å². The highest BCUT2D eigenvalue weighted by molar-refractivity contribution is 6.21. The summed E-state index contributed by atoms with van der Waals surface area (Å²) in [6.45, 7) is 14.0. The van der Waals surface area contributed by atoms with Gasteiger partial charge in [-0.1, -0.05) is 45.9 Å². The number of hydrogen-bond donors (Lipinski definition) is 6. The Morgan fingerprint density at radius 3 is 2.29 bits per heavy atom. The topological polar surface area (TPSA) is 219 Å². The lowest BCUT2D eigenvalue weighted by Crippen LogP contribution is -2.46. The number of esters is 1. The number of aliphatic hydroxyl groups excluding tert-OH is 2. The largest absolute Gasteiger partial charge is 0.507 e. The summed E-state index contributed by atoms with van der Waals surface area (Å²) in [5, 5.41) is 50.7. The van der Waals surface area contributed by atoms with Crippen molar-refractivity contribution in [3.63, 3.8) is 0 Å². The summed E-state index contributed by atoms with van der Waals surface area (Å²) in [6.07, 6.45) is 3.57. The zero-order chi connectivity index (χ0) is 41.8. The fraction of sp³-hybridized carbons (Fsp3) is 0.512. The average Bonchev–Trinajstić information content (AvgIpc) is 3.42. The number of aromatic hydroxyl groups is 2. The number of amides is 2. The molecule has 2 aromatic carbocycles. The number of carbonyl (C=O) groups excluding carboxylic acids is 4. The number of methoxy groups -OCH3 is 1. The molecule has 3 heterocycles. The molecule has 9 unspecified atom stereocenters. The average molecular weight is 783 g/mol. The number of phenolic OH excluding ortho intramolecular Hbond substituents is 2. The first kappa shape index (κ1) is 43.6.